The lowest BCUT2D eigenvalue weighted by Crippen LogP contribution is -2.09. The Bertz CT molecular complexity index is 345. The second-order valence-electron chi connectivity index (χ2n) is 2.41. The molecule has 0 amide bonds. The number of hydrogen-bond donors (Lipinski definition) is 2. The van der Waals surface area contributed by atoms with Crippen molar-refractivity contribution in [2.45, 2.75) is 0 Å². The number of aliphatic hydroxyl groups excluding tert-OH is 1. The molecular formula is C7H8ClN3O3. The summed E-state index contributed by atoms with van der Waals surface area (Å²) >= 11 is 5.56. The third-order valence-electron chi connectivity index (χ3n) is 1.44. The van der Waals surface area contributed by atoms with Gasteiger partial charge in [0.2, 0.25) is 5.82 Å². The number of aliphatic hydroxyl groups is 1. The first-order chi connectivity index (χ1) is 6.65. The molecule has 0 atom stereocenters. The van der Waals surface area contributed by atoms with Crippen LogP contribution < -0.4 is 5.32 Å². The van der Waals surface area contributed by atoms with Gasteiger partial charge >= 0.3 is 5.69 Å². The number of aromatic nitrogens is 1. The van der Waals surface area contributed by atoms with E-state index in [2.05, 4.69) is 10.3 Å². The highest BCUT2D eigenvalue weighted by atomic mass is 35.5. The highest BCUT2D eigenvalue weighted by Crippen LogP contribution is 2.23. The molecule has 0 radical (unpaired) electrons. The molecule has 1 heterocycles. The summed E-state index contributed by atoms with van der Waals surface area (Å²) in [6, 6.07) is 2.60. The van der Waals surface area contributed by atoms with Gasteiger partial charge in [-0.05, 0) is 6.07 Å². The van der Waals surface area contributed by atoms with Gasteiger partial charge in [-0.25, -0.2) is 4.98 Å². The highest BCUT2D eigenvalue weighted by molar-refractivity contribution is 6.29. The average Bonchev–Trinajstić information content (AvgIpc) is 2.14. The molecule has 0 bridgehead atoms. The summed E-state index contributed by atoms with van der Waals surface area (Å²) in [6.45, 7) is 0.0551. The molecule has 1 aromatic heterocycles. The minimum absolute atomic E-state index is 0.0663. The SMILES string of the molecule is O=[N+]([O-])c1ccc(Cl)nc1NCCO. The summed E-state index contributed by atoms with van der Waals surface area (Å²) in [6.07, 6.45) is 0. The first-order valence-electron chi connectivity index (χ1n) is 3.81. The molecule has 0 saturated heterocycles. The van der Waals surface area contributed by atoms with Crippen molar-refractivity contribution >= 4 is 23.1 Å². The fraction of sp³-hybridized carbons (Fsp3) is 0.286. The summed E-state index contributed by atoms with van der Waals surface area (Å²) in [4.78, 5) is 13.7. The molecule has 0 spiro atoms. The molecular weight excluding hydrogens is 210 g/mol. The Balaban J connectivity index is 2.97. The van der Waals surface area contributed by atoms with Gasteiger partial charge in [-0.2, -0.15) is 0 Å². The lowest BCUT2D eigenvalue weighted by Gasteiger charge is -2.03. The van der Waals surface area contributed by atoms with Gasteiger partial charge in [0, 0.05) is 12.6 Å². The highest BCUT2D eigenvalue weighted by Gasteiger charge is 2.14. The van der Waals surface area contributed by atoms with Crippen LogP contribution in [-0.4, -0.2) is 28.2 Å². The number of nitrogens with one attached hydrogen (secondary N) is 1. The van der Waals surface area contributed by atoms with Crippen LogP contribution in [0.4, 0.5) is 11.5 Å². The second kappa shape index (κ2) is 4.73. The normalized spacial score (nSPS) is 9.86. The fourth-order valence-corrected chi connectivity index (χ4v) is 1.03. The average molecular weight is 218 g/mol. The van der Waals surface area contributed by atoms with E-state index >= 15 is 0 Å². The van der Waals surface area contributed by atoms with Crippen LogP contribution in [-0.2, 0) is 0 Å². The van der Waals surface area contributed by atoms with E-state index in [1.807, 2.05) is 0 Å². The van der Waals surface area contributed by atoms with E-state index in [4.69, 9.17) is 16.7 Å². The third-order valence-corrected chi connectivity index (χ3v) is 1.65. The van der Waals surface area contributed by atoms with Crippen molar-refractivity contribution in [2.75, 3.05) is 18.5 Å². The predicted octanol–water partition coefficient (Wildman–Crippen LogP) is 1.05. The van der Waals surface area contributed by atoms with E-state index < -0.39 is 4.92 Å². The van der Waals surface area contributed by atoms with E-state index in [1.165, 1.54) is 12.1 Å². The largest absolute Gasteiger partial charge is 0.395 e. The zero-order valence-electron chi connectivity index (χ0n) is 7.11. The van der Waals surface area contributed by atoms with Crippen LogP contribution >= 0.6 is 11.6 Å². The van der Waals surface area contributed by atoms with Crippen molar-refractivity contribution in [3.8, 4) is 0 Å². The molecule has 0 aliphatic carbocycles. The zero-order valence-corrected chi connectivity index (χ0v) is 7.86. The fourth-order valence-electron chi connectivity index (χ4n) is 0.880. The van der Waals surface area contributed by atoms with Crippen LogP contribution in [0.1, 0.15) is 0 Å². The van der Waals surface area contributed by atoms with Gasteiger partial charge in [0.1, 0.15) is 5.15 Å². The van der Waals surface area contributed by atoms with E-state index in [9.17, 15) is 10.1 Å². The van der Waals surface area contributed by atoms with E-state index in [1.54, 1.807) is 0 Å². The second-order valence-corrected chi connectivity index (χ2v) is 2.80. The topological polar surface area (TPSA) is 88.3 Å². The van der Waals surface area contributed by atoms with Crippen molar-refractivity contribution < 1.29 is 10.0 Å². The van der Waals surface area contributed by atoms with Gasteiger partial charge in [-0.1, -0.05) is 11.6 Å². The predicted molar refractivity (Wildman–Crippen MR) is 51.5 cm³/mol. The van der Waals surface area contributed by atoms with Gasteiger partial charge in [0.05, 0.1) is 11.5 Å². The van der Waals surface area contributed by atoms with Crippen LogP contribution in [0.3, 0.4) is 0 Å². The van der Waals surface area contributed by atoms with Crippen LogP contribution in [0.25, 0.3) is 0 Å². The summed E-state index contributed by atoms with van der Waals surface area (Å²) in [5.74, 6) is 0.0663. The van der Waals surface area contributed by atoms with E-state index in [0.717, 1.165) is 0 Å². The molecule has 1 aromatic rings. The molecule has 1 rings (SSSR count). The molecule has 2 N–H and O–H groups in total. The summed E-state index contributed by atoms with van der Waals surface area (Å²) < 4.78 is 0. The molecule has 7 heteroatoms. The number of anilines is 1. The molecule has 76 valence electrons. The van der Waals surface area contributed by atoms with Crippen LogP contribution in [0.2, 0.25) is 5.15 Å². The van der Waals surface area contributed by atoms with Gasteiger partial charge in [-0.3, -0.25) is 10.1 Å². The maximum atomic E-state index is 10.5. The number of pyridine rings is 1. The monoisotopic (exact) mass is 217 g/mol. The van der Waals surface area contributed by atoms with Crippen molar-refractivity contribution in [1.82, 2.24) is 4.98 Å². The maximum absolute atomic E-state index is 10.5. The number of nitrogens with zero attached hydrogens (tertiary/aromatic N) is 2. The molecule has 0 saturated carbocycles. The number of hydrogen-bond acceptors (Lipinski definition) is 5. The molecule has 0 fully saturated rings. The van der Waals surface area contributed by atoms with Gasteiger partial charge in [0.25, 0.3) is 0 Å². The van der Waals surface area contributed by atoms with Crippen molar-refractivity contribution in [2.24, 2.45) is 0 Å². The molecule has 0 aliphatic rings. The Morgan fingerprint density at radius 1 is 1.64 bits per heavy atom. The first kappa shape index (κ1) is 10.7. The molecule has 0 aromatic carbocycles. The molecule has 0 aliphatic heterocycles. The quantitative estimate of drug-likeness (QED) is 0.447. The Morgan fingerprint density at radius 3 is 2.93 bits per heavy atom. The molecule has 14 heavy (non-hydrogen) atoms. The van der Waals surface area contributed by atoms with Crippen molar-refractivity contribution in [1.29, 1.82) is 0 Å². The zero-order chi connectivity index (χ0) is 10.6. The smallest absolute Gasteiger partial charge is 0.311 e. The van der Waals surface area contributed by atoms with Crippen molar-refractivity contribution in [3.05, 3.63) is 27.4 Å². The lowest BCUT2D eigenvalue weighted by molar-refractivity contribution is -0.384. The molecule has 0 unspecified atom stereocenters. The van der Waals surface area contributed by atoms with Crippen molar-refractivity contribution in [3.63, 3.8) is 0 Å². The van der Waals surface area contributed by atoms with Gasteiger partial charge in [0.15, 0.2) is 0 Å². The molecule has 6 nitrogen and oxygen atoms in total. The lowest BCUT2D eigenvalue weighted by atomic mass is 10.4. The number of nitro groups is 1. The van der Waals surface area contributed by atoms with Crippen LogP contribution in [0, 0.1) is 10.1 Å². The van der Waals surface area contributed by atoms with Gasteiger partial charge < -0.3 is 10.4 Å². The Morgan fingerprint density at radius 2 is 2.36 bits per heavy atom. The minimum Gasteiger partial charge on any atom is -0.395 e. The third kappa shape index (κ3) is 2.54. The van der Waals surface area contributed by atoms with Crippen LogP contribution in [0.5, 0.6) is 0 Å². The van der Waals surface area contributed by atoms with E-state index in [0.29, 0.717) is 0 Å². The number of halogens is 1. The van der Waals surface area contributed by atoms with Gasteiger partial charge in [-0.15, -0.1) is 0 Å². The first-order valence-corrected chi connectivity index (χ1v) is 4.18. The Labute approximate surface area is 84.7 Å². The van der Waals surface area contributed by atoms with E-state index in [-0.39, 0.29) is 29.8 Å². The Kier molecular flexibility index (Phi) is 3.61. The minimum atomic E-state index is -0.566. The number of rotatable bonds is 4. The maximum Gasteiger partial charge on any atom is 0.311 e. The van der Waals surface area contributed by atoms with Crippen LogP contribution in [0.15, 0.2) is 12.1 Å². The standard InChI is InChI=1S/C7H8ClN3O3/c8-6-2-1-5(11(13)14)7(10-6)9-3-4-12/h1-2,12H,3-4H2,(H,9,10). The Hall–Kier alpha value is -1.40. The summed E-state index contributed by atoms with van der Waals surface area (Å²) in [5.41, 5.74) is -0.164. The summed E-state index contributed by atoms with van der Waals surface area (Å²) in [7, 11) is 0. The summed E-state index contributed by atoms with van der Waals surface area (Å²) in [5, 5.41) is 21.8.